The monoisotopic (exact) mass is 283 g/mol. The number of nitrogens with zero attached hydrogens (tertiary/aromatic N) is 1. The van der Waals surface area contributed by atoms with Gasteiger partial charge in [0.05, 0.1) is 12.5 Å². The quantitative estimate of drug-likeness (QED) is 0.618. The Morgan fingerprint density at radius 2 is 2.00 bits per heavy atom. The molecule has 1 heterocycles. The summed E-state index contributed by atoms with van der Waals surface area (Å²) in [4.78, 5) is 36.1. The summed E-state index contributed by atoms with van der Waals surface area (Å²) in [6.45, 7) is 0.943. The second kappa shape index (κ2) is 5.78. The topological polar surface area (TPSA) is 113 Å². The zero-order chi connectivity index (χ0) is 14.8. The Morgan fingerprint density at radius 1 is 1.30 bits per heavy atom. The second-order valence-corrected chi connectivity index (χ2v) is 5.68. The van der Waals surface area contributed by atoms with Crippen molar-refractivity contribution in [3.8, 4) is 0 Å². The van der Waals surface area contributed by atoms with Crippen molar-refractivity contribution in [2.24, 2.45) is 11.7 Å². The molecule has 2 amide bonds. The van der Waals surface area contributed by atoms with Crippen molar-refractivity contribution in [3.05, 3.63) is 0 Å². The number of rotatable bonds is 5. The van der Waals surface area contributed by atoms with Gasteiger partial charge in [-0.3, -0.25) is 19.7 Å². The first kappa shape index (κ1) is 14.8. The maximum Gasteiger partial charge on any atom is 0.323 e. The molecule has 112 valence electrons. The molecule has 7 nitrogen and oxygen atoms in total. The first-order valence-electron chi connectivity index (χ1n) is 7.00. The Hall–Kier alpha value is -1.63. The minimum atomic E-state index is -0.936. The maximum atomic E-state index is 12.1. The van der Waals surface area contributed by atoms with Crippen LogP contribution < -0.4 is 11.1 Å². The molecule has 1 saturated heterocycles. The third kappa shape index (κ3) is 2.92. The van der Waals surface area contributed by atoms with Gasteiger partial charge in [-0.1, -0.05) is 0 Å². The molecule has 20 heavy (non-hydrogen) atoms. The zero-order valence-corrected chi connectivity index (χ0v) is 11.4. The van der Waals surface area contributed by atoms with E-state index in [0.717, 1.165) is 12.8 Å². The fraction of sp³-hybridized carbons (Fsp3) is 0.769. The van der Waals surface area contributed by atoms with Gasteiger partial charge >= 0.3 is 5.97 Å². The molecule has 0 aromatic carbocycles. The lowest BCUT2D eigenvalue weighted by Crippen LogP contribution is -2.59. The van der Waals surface area contributed by atoms with Crippen LogP contribution in [0.1, 0.15) is 32.1 Å². The Kier molecular flexibility index (Phi) is 4.27. The summed E-state index contributed by atoms with van der Waals surface area (Å²) in [5, 5.41) is 12.0. The zero-order valence-electron chi connectivity index (χ0n) is 11.4. The van der Waals surface area contributed by atoms with Crippen molar-refractivity contribution in [3.63, 3.8) is 0 Å². The largest absolute Gasteiger partial charge is 0.480 e. The van der Waals surface area contributed by atoms with Gasteiger partial charge in [-0.05, 0) is 32.1 Å². The first-order chi connectivity index (χ1) is 9.44. The van der Waals surface area contributed by atoms with Crippen molar-refractivity contribution >= 4 is 17.8 Å². The number of amides is 2. The standard InChI is InChI=1S/C13H21N3O4/c14-11(18)9-3-1-6-16(8-9)10(17)7-15-13(12(19)20)4-2-5-13/h9,15H,1-8H2,(H2,14,18)(H,19,20). The normalized spacial score (nSPS) is 24.8. The van der Waals surface area contributed by atoms with E-state index in [1.807, 2.05) is 0 Å². The Morgan fingerprint density at radius 3 is 2.50 bits per heavy atom. The van der Waals surface area contributed by atoms with Crippen molar-refractivity contribution < 1.29 is 19.5 Å². The van der Waals surface area contributed by atoms with E-state index >= 15 is 0 Å². The van der Waals surface area contributed by atoms with Crippen LogP contribution in [-0.2, 0) is 14.4 Å². The van der Waals surface area contributed by atoms with Crippen LogP contribution in [0.5, 0.6) is 0 Å². The molecule has 0 spiro atoms. The van der Waals surface area contributed by atoms with Gasteiger partial charge in [-0.15, -0.1) is 0 Å². The molecule has 2 rings (SSSR count). The summed E-state index contributed by atoms with van der Waals surface area (Å²) < 4.78 is 0. The molecule has 1 aliphatic heterocycles. The molecule has 2 fully saturated rings. The fourth-order valence-corrected chi connectivity index (χ4v) is 2.79. The van der Waals surface area contributed by atoms with Crippen LogP contribution in [0.3, 0.4) is 0 Å². The summed E-state index contributed by atoms with van der Waals surface area (Å²) in [7, 11) is 0. The van der Waals surface area contributed by atoms with E-state index in [1.54, 1.807) is 4.90 Å². The summed E-state index contributed by atoms with van der Waals surface area (Å²) in [5.41, 5.74) is 4.34. The summed E-state index contributed by atoms with van der Waals surface area (Å²) in [6.07, 6.45) is 3.44. The molecular weight excluding hydrogens is 262 g/mol. The molecule has 7 heteroatoms. The number of primary amides is 1. The molecule has 4 N–H and O–H groups in total. The average Bonchev–Trinajstić information content (AvgIpc) is 2.37. The number of nitrogens with two attached hydrogens (primary N) is 1. The Labute approximate surface area is 117 Å². The molecule has 1 unspecified atom stereocenters. The Bertz CT molecular complexity index is 420. The average molecular weight is 283 g/mol. The van der Waals surface area contributed by atoms with E-state index in [1.165, 1.54) is 0 Å². The van der Waals surface area contributed by atoms with Gasteiger partial charge < -0.3 is 15.7 Å². The number of carboxylic acid groups (broad SMARTS) is 1. The SMILES string of the molecule is NC(=O)C1CCCN(C(=O)CNC2(C(=O)O)CCC2)C1. The molecule has 0 bridgehead atoms. The number of aliphatic carboxylic acids is 1. The highest BCUT2D eigenvalue weighted by Crippen LogP contribution is 2.31. The van der Waals surface area contributed by atoms with Crippen molar-refractivity contribution in [2.75, 3.05) is 19.6 Å². The number of carbonyl (C=O) groups excluding carboxylic acids is 2. The second-order valence-electron chi connectivity index (χ2n) is 5.68. The third-order valence-electron chi connectivity index (χ3n) is 4.37. The lowest BCUT2D eigenvalue weighted by Gasteiger charge is -2.39. The highest BCUT2D eigenvalue weighted by Gasteiger charge is 2.44. The molecule has 0 aromatic heterocycles. The van der Waals surface area contributed by atoms with Gasteiger partial charge in [-0.2, -0.15) is 0 Å². The molecular formula is C13H21N3O4. The van der Waals surface area contributed by atoms with E-state index in [-0.39, 0.29) is 24.3 Å². The minimum absolute atomic E-state index is 0.00220. The molecule has 1 saturated carbocycles. The van der Waals surface area contributed by atoms with E-state index in [9.17, 15) is 19.5 Å². The highest BCUT2D eigenvalue weighted by molar-refractivity contribution is 5.84. The number of hydrogen-bond acceptors (Lipinski definition) is 4. The van der Waals surface area contributed by atoms with Gasteiger partial charge in [0.25, 0.3) is 0 Å². The smallest absolute Gasteiger partial charge is 0.323 e. The lowest BCUT2D eigenvalue weighted by atomic mass is 9.77. The predicted octanol–water partition coefficient (Wildman–Crippen LogP) is -0.693. The van der Waals surface area contributed by atoms with E-state index in [4.69, 9.17) is 5.73 Å². The van der Waals surface area contributed by atoms with Crippen LogP contribution in [0.2, 0.25) is 0 Å². The van der Waals surface area contributed by atoms with Crippen molar-refractivity contribution in [2.45, 2.75) is 37.6 Å². The molecule has 2 aliphatic rings. The third-order valence-corrected chi connectivity index (χ3v) is 4.37. The lowest BCUT2D eigenvalue weighted by molar-refractivity contribution is -0.149. The Balaban J connectivity index is 1.85. The number of hydrogen-bond donors (Lipinski definition) is 3. The first-order valence-corrected chi connectivity index (χ1v) is 7.00. The van der Waals surface area contributed by atoms with Crippen LogP contribution in [0, 0.1) is 5.92 Å². The number of likely N-dealkylation sites (tertiary alicyclic amines) is 1. The summed E-state index contributed by atoms with van der Waals surface area (Å²) in [6, 6.07) is 0. The van der Waals surface area contributed by atoms with Gasteiger partial charge in [-0.25, -0.2) is 0 Å². The minimum Gasteiger partial charge on any atom is -0.480 e. The molecule has 0 aromatic rings. The summed E-state index contributed by atoms with van der Waals surface area (Å²) in [5.74, 6) is -1.73. The van der Waals surface area contributed by atoms with Gasteiger partial charge in [0.2, 0.25) is 11.8 Å². The van der Waals surface area contributed by atoms with Crippen LogP contribution in [-0.4, -0.2) is 53.0 Å². The van der Waals surface area contributed by atoms with Crippen molar-refractivity contribution in [1.29, 1.82) is 0 Å². The predicted molar refractivity (Wildman–Crippen MR) is 70.7 cm³/mol. The van der Waals surface area contributed by atoms with E-state index < -0.39 is 11.5 Å². The van der Waals surface area contributed by atoms with E-state index in [2.05, 4.69) is 5.32 Å². The van der Waals surface area contributed by atoms with Crippen LogP contribution in [0.25, 0.3) is 0 Å². The highest BCUT2D eigenvalue weighted by atomic mass is 16.4. The maximum absolute atomic E-state index is 12.1. The van der Waals surface area contributed by atoms with Crippen LogP contribution in [0.15, 0.2) is 0 Å². The van der Waals surface area contributed by atoms with Gasteiger partial charge in [0.15, 0.2) is 0 Å². The van der Waals surface area contributed by atoms with Gasteiger partial charge in [0.1, 0.15) is 5.54 Å². The summed E-state index contributed by atoms with van der Waals surface area (Å²) >= 11 is 0. The number of nitrogens with one attached hydrogen (secondary N) is 1. The number of carboxylic acids is 1. The number of piperidine rings is 1. The molecule has 0 radical (unpaired) electrons. The molecule has 1 aliphatic carbocycles. The van der Waals surface area contributed by atoms with Crippen LogP contribution in [0.4, 0.5) is 0 Å². The van der Waals surface area contributed by atoms with Crippen molar-refractivity contribution in [1.82, 2.24) is 10.2 Å². The molecule has 1 atom stereocenters. The number of carbonyl (C=O) groups is 3. The fourth-order valence-electron chi connectivity index (χ4n) is 2.79. The van der Waals surface area contributed by atoms with Crippen LogP contribution >= 0.6 is 0 Å². The van der Waals surface area contributed by atoms with E-state index in [0.29, 0.717) is 32.4 Å². The van der Waals surface area contributed by atoms with Gasteiger partial charge in [0, 0.05) is 13.1 Å².